The molecule has 2 amide bonds. The molecule has 2 aromatic heterocycles. The summed E-state index contributed by atoms with van der Waals surface area (Å²) in [5, 5.41) is 3.02. The Hall–Kier alpha value is -4.26. The molecule has 0 bridgehead atoms. The van der Waals surface area contributed by atoms with E-state index in [0.29, 0.717) is 35.6 Å². The van der Waals surface area contributed by atoms with Gasteiger partial charge >= 0.3 is 0 Å². The van der Waals surface area contributed by atoms with Crippen LogP contribution in [0.4, 0.5) is 0 Å². The molecular weight excluding hydrogens is 462 g/mol. The first-order valence-corrected chi connectivity index (χ1v) is 12.5. The summed E-state index contributed by atoms with van der Waals surface area (Å²) < 4.78 is 1.79. The Balaban J connectivity index is 1.60. The van der Waals surface area contributed by atoms with E-state index in [2.05, 4.69) is 34.3 Å². The first kappa shape index (κ1) is 25.8. The first-order chi connectivity index (χ1) is 17.9. The summed E-state index contributed by atoms with van der Waals surface area (Å²) in [5.74, 6) is 0.326. The van der Waals surface area contributed by atoms with E-state index < -0.39 is 0 Å². The fourth-order valence-corrected chi connectivity index (χ4v) is 4.69. The van der Waals surface area contributed by atoms with Crippen molar-refractivity contribution in [3.8, 4) is 11.4 Å². The second kappa shape index (κ2) is 11.6. The van der Waals surface area contributed by atoms with Crippen molar-refractivity contribution in [1.82, 2.24) is 24.8 Å². The minimum Gasteiger partial charge on any atom is -0.351 e. The fourth-order valence-electron chi connectivity index (χ4n) is 4.69. The number of rotatable bonds is 9. The quantitative estimate of drug-likeness (QED) is 0.360. The number of nitrogens with zero attached hydrogens (tertiary/aromatic N) is 4. The van der Waals surface area contributed by atoms with Gasteiger partial charge in [0, 0.05) is 56.8 Å². The highest BCUT2D eigenvalue weighted by Crippen LogP contribution is 2.28. The van der Waals surface area contributed by atoms with Crippen LogP contribution in [0.15, 0.2) is 85.3 Å². The van der Waals surface area contributed by atoms with Gasteiger partial charge in [0.15, 0.2) is 5.82 Å². The lowest BCUT2D eigenvalue weighted by Crippen LogP contribution is -2.43. The molecule has 7 heteroatoms. The summed E-state index contributed by atoms with van der Waals surface area (Å²) >= 11 is 0. The van der Waals surface area contributed by atoms with Crippen LogP contribution in [-0.4, -0.2) is 50.9 Å². The third kappa shape index (κ3) is 5.94. The van der Waals surface area contributed by atoms with Gasteiger partial charge in [-0.15, -0.1) is 0 Å². The zero-order chi connectivity index (χ0) is 26.4. The maximum absolute atomic E-state index is 14.0. The lowest BCUT2D eigenvalue weighted by molar-refractivity contribution is 0.0702. The van der Waals surface area contributed by atoms with Crippen LogP contribution < -0.4 is 5.32 Å². The number of aromatic nitrogens is 3. The molecule has 4 aromatic rings. The van der Waals surface area contributed by atoms with Crippen LogP contribution in [0.1, 0.15) is 51.2 Å². The van der Waals surface area contributed by atoms with Crippen molar-refractivity contribution in [3.63, 3.8) is 0 Å². The van der Waals surface area contributed by atoms with Crippen molar-refractivity contribution in [2.24, 2.45) is 7.05 Å². The minimum absolute atomic E-state index is 0.0447. The summed E-state index contributed by atoms with van der Waals surface area (Å²) in [6, 6.07) is 21.2. The summed E-state index contributed by atoms with van der Waals surface area (Å²) in [6.45, 7) is 4.53. The zero-order valence-corrected chi connectivity index (χ0v) is 21.8. The molecular formula is C30H33N5O2. The molecule has 2 unspecified atom stereocenters. The smallest absolute Gasteiger partial charge is 0.267 e. The Kier molecular flexibility index (Phi) is 8.13. The van der Waals surface area contributed by atoms with E-state index in [1.165, 1.54) is 0 Å². The molecule has 0 saturated heterocycles. The SMILES string of the molecule is Cc1ccc(-c2ncccn2)c(C(=O)N(C)C(CCNC(=O)c2cccn2C)C(C)c2ccccc2)c1. The van der Waals surface area contributed by atoms with Crippen molar-refractivity contribution in [1.29, 1.82) is 0 Å². The minimum atomic E-state index is -0.159. The molecule has 37 heavy (non-hydrogen) atoms. The Morgan fingerprint density at radius 3 is 2.41 bits per heavy atom. The largest absolute Gasteiger partial charge is 0.351 e. The van der Waals surface area contributed by atoms with Crippen LogP contribution in [0.5, 0.6) is 0 Å². The second-order valence-corrected chi connectivity index (χ2v) is 9.35. The molecule has 190 valence electrons. The molecule has 0 spiro atoms. The number of hydrogen-bond donors (Lipinski definition) is 1. The second-order valence-electron chi connectivity index (χ2n) is 9.35. The molecule has 0 aliphatic rings. The predicted octanol–water partition coefficient (Wildman–Crippen LogP) is 4.85. The van der Waals surface area contributed by atoms with Gasteiger partial charge in [0.25, 0.3) is 11.8 Å². The molecule has 7 nitrogen and oxygen atoms in total. The average Bonchev–Trinajstić information content (AvgIpc) is 3.36. The van der Waals surface area contributed by atoms with Gasteiger partial charge < -0.3 is 14.8 Å². The van der Waals surface area contributed by atoms with E-state index >= 15 is 0 Å². The van der Waals surface area contributed by atoms with E-state index in [4.69, 9.17) is 0 Å². The Morgan fingerprint density at radius 2 is 1.73 bits per heavy atom. The topological polar surface area (TPSA) is 80.1 Å². The lowest BCUT2D eigenvalue weighted by Gasteiger charge is -2.34. The molecule has 0 aliphatic carbocycles. The average molecular weight is 496 g/mol. The molecule has 4 rings (SSSR count). The van der Waals surface area contributed by atoms with E-state index in [9.17, 15) is 9.59 Å². The molecule has 2 heterocycles. The van der Waals surface area contributed by atoms with Crippen molar-refractivity contribution in [2.75, 3.05) is 13.6 Å². The van der Waals surface area contributed by atoms with Crippen molar-refractivity contribution in [3.05, 3.63) is 108 Å². The fraction of sp³-hybridized carbons (Fsp3) is 0.267. The highest BCUT2D eigenvalue weighted by atomic mass is 16.2. The molecule has 0 aliphatic heterocycles. The van der Waals surface area contributed by atoms with Crippen molar-refractivity contribution >= 4 is 11.8 Å². The summed E-state index contributed by atoms with van der Waals surface area (Å²) in [5.41, 5.74) is 3.98. The first-order valence-electron chi connectivity index (χ1n) is 12.5. The van der Waals surface area contributed by atoms with Gasteiger partial charge in [0.1, 0.15) is 5.69 Å². The van der Waals surface area contributed by atoms with Gasteiger partial charge in [0.2, 0.25) is 0 Å². The van der Waals surface area contributed by atoms with Crippen LogP contribution in [0.25, 0.3) is 11.4 Å². The standard InChI is InChI=1S/C30H33N5O2/c1-21-13-14-24(28-31-16-9-17-32-28)25(20-21)30(37)35(4)26(22(2)23-10-6-5-7-11-23)15-18-33-29(36)27-12-8-19-34(27)3/h5-14,16-17,19-20,22,26H,15,18H2,1-4H3,(H,33,36). The zero-order valence-electron chi connectivity index (χ0n) is 21.8. The number of hydrogen-bond acceptors (Lipinski definition) is 4. The molecule has 2 aromatic carbocycles. The number of nitrogens with one attached hydrogen (secondary N) is 1. The van der Waals surface area contributed by atoms with Crippen LogP contribution in [0.2, 0.25) is 0 Å². The van der Waals surface area contributed by atoms with Crippen LogP contribution >= 0.6 is 0 Å². The van der Waals surface area contributed by atoms with Gasteiger partial charge in [0.05, 0.1) is 5.56 Å². The van der Waals surface area contributed by atoms with E-state index in [0.717, 1.165) is 11.1 Å². The summed E-state index contributed by atoms with van der Waals surface area (Å²) in [6.07, 6.45) is 5.79. The Bertz CT molecular complexity index is 1350. The number of aryl methyl sites for hydroxylation is 2. The maximum Gasteiger partial charge on any atom is 0.267 e. The van der Waals surface area contributed by atoms with Crippen LogP contribution in [0.3, 0.4) is 0 Å². The van der Waals surface area contributed by atoms with Crippen LogP contribution in [-0.2, 0) is 7.05 Å². The third-order valence-electron chi connectivity index (χ3n) is 6.83. The maximum atomic E-state index is 14.0. The van der Waals surface area contributed by atoms with Crippen molar-refractivity contribution in [2.45, 2.75) is 32.2 Å². The Labute approximate surface area is 218 Å². The summed E-state index contributed by atoms with van der Waals surface area (Å²) in [7, 11) is 3.68. The molecule has 0 radical (unpaired) electrons. The van der Waals surface area contributed by atoms with E-state index in [1.807, 2.05) is 69.7 Å². The van der Waals surface area contributed by atoms with Crippen molar-refractivity contribution < 1.29 is 9.59 Å². The molecule has 1 N–H and O–H groups in total. The monoisotopic (exact) mass is 495 g/mol. The van der Waals surface area contributed by atoms with Gasteiger partial charge in [-0.3, -0.25) is 9.59 Å². The number of benzene rings is 2. The van der Waals surface area contributed by atoms with Crippen LogP contribution in [0, 0.1) is 6.92 Å². The predicted molar refractivity (Wildman–Crippen MR) is 145 cm³/mol. The normalized spacial score (nSPS) is 12.5. The van der Waals surface area contributed by atoms with Gasteiger partial charge in [-0.25, -0.2) is 9.97 Å². The Morgan fingerprint density at radius 1 is 1.00 bits per heavy atom. The highest BCUT2D eigenvalue weighted by molar-refractivity contribution is 6.00. The van der Waals surface area contributed by atoms with Gasteiger partial charge in [-0.1, -0.05) is 55.0 Å². The van der Waals surface area contributed by atoms with E-state index in [1.54, 1.807) is 34.0 Å². The molecule has 0 fully saturated rings. The number of carbonyl (C=O) groups is 2. The molecule has 0 saturated carbocycles. The van der Waals surface area contributed by atoms with Gasteiger partial charge in [-0.05, 0) is 43.2 Å². The third-order valence-corrected chi connectivity index (χ3v) is 6.83. The number of carbonyl (C=O) groups excluding carboxylic acids is 2. The lowest BCUT2D eigenvalue weighted by atomic mass is 9.89. The molecule has 2 atom stereocenters. The van der Waals surface area contributed by atoms with Gasteiger partial charge in [-0.2, -0.15) is 0 Å². The highest BCUT2D eigenvalue weighted by Gasteiger charge is 2.29. The number of likely N-dealkylation sites (N-methyl/N-ethyl adjacent to an activating group) is 1. The number of amides is 2. The van der Waals surface area contributed by atoms with E-state index in [-0.39, 0.29) is 23.8 Å². The summed E-state index contributed by atoms with van der Waals surface area (Å²) in [4.78, 5) is 37.2.